The smallest absolute Gasteiger partial charge is 0.283 e. The predicted molar refractivity (Wildman–Crippen MR) is 111 cm³/mol. The number of fused-ring (bicyclic) bond motifs is 1. The van der Waals surface area contributed by atoms with Crippen molar-refractivity contribution in [3.05, 3.63) is 69.5 Å². The first kappa shape index (κ1) is 17.5. The Morgan fingerprint density at radius 3 is 2.48 bits per heavy atom. The zero-order valence-corrected chi connectivity index (χ0v) is 16.5. The number of aryl methyl sites for hydroxylation is 3. The molecule has 0 aliphatic carbocycles. The molecule has 2 aliphatic rings. The average molecular weight is 376 g/mol. The molecule has 3 heterocycles. The van der Waals surface area contributed by atoms with Crippen molar-refractivity contribution in [1.82, 2.24) is 9.47 Å². The van der Waals surface area contributed by atoms with E-state index in [2.05, 4.69) is 48.5 Å². The van der Waals surface area contributed by atoms with Crippen LogP contribution >= 0.6 is 11.8 Å². The highest BCUT2D eigenvalue weighted by atomic mass is 32.2. The minimum absolute atomic E-state index is 0.169. The van der Waals surface area contributed by atoms with Crippen LogP contribution in [0.2, 0.25) is 0 Å². The maximum Gasteiger partial charge on any atom is 0.283 e. The maximum atomic E-state index is 12.4. The van der Waals surface area contributed by atoms with Crippen LogP contribution in [0.15, 0.2) is 46.4 Å². The van der Waals surface area contributed by atoms with Crippen molar-refractivity contribution in [2.24, 2.45) is 4.99 Å². The molecule has 4 rings (SSSR count). The van der Waals surface area contributed by atoms with Gasteiger partial charge in [-0.1, -0.05) is 17.8 Å². The summed E-state index contributed by atoms with van der Waals surface area (Å²) >= 11 is 1.35. The van der Waals surface area contributed by atoms with Gasteiger partial charge in [0.1, 0.15) is 5.84 Å². The number of amides is 1. The minimum atomic E-state index is -0.362. The fraction of sp³-hybridized carbons (Fsp3) is 0.190. The number of aliphatic imine (C=N–C) groups is 1. The molecule has 1 aromatic heterocycles. The number of amidine groups is 2. The predicted octanol–water partition coefficient (Wildman–Crippen LogP) is 4.49. The van der Waals surface area contributed by atoms with Crippen molar-refractivity contribution in [3.63, 3.8) is 0 Å². The number of benzene rings is 1. The number of hydrogen-bond acceptors (Lipinski definition) is 3. The molecule has 0 saturated heterocycles. The van der Waals surface area contributed by atoms with Gasteiger partial charge in [0.05, 0.1) is 5.57 Å². The Kier molecular flexibility index (Phi) is 4.15. The van der Waals surface area contributed by atoms with Crippen LogP contribution < -0.4 is 0 Å². The molecule has 1 aromatic carbocycles. The number of thioether (sulfide) groups is 1. The molecular formula is C21H20N4OS. The Balaban J connectivity index is 1.80. The molecule has 0 spiro atoms. The van der Waals surface area contributed by atoms with Crippen LogP contribution in [0.25, 0.3) is 11.8 Å². The summed E-state index contributed by atoms with van der Waals surface area (Å²) in [5, 5.41) is 10.8. The topological polar surface area (TPSA) is 61.5 Å². The van der Waals surface area contributed by atoms with Crippen LogP contribution in [-0.2, 0) is 4.79 Å². The lowest BCUT2D eigenvalue weighted by Gasteiger charge is -2.22. The van der Waals surface area contributed by atoms with Gasteiger partial charge in [-0.3, -0.25) is 15.1 Å². The highest BCUT2D eigenvalue weighted by Crippen LogP contribution is 2.29. The van der Waals surface area contributed by atoms with E-state index in [1.807, 2.05) is 18.4 Å². The summed E-state index contributed by atoms with van der Waals surface area (Å²) in [6.45, 7) is 8.27. The molecule has 0 radical (unpaired) electrons. The molecule has 0 bridgehead atoms. The number of nitrogens with zero attached hydrogens (tertiary/aromatic N) is 3. The van der Waals surface area contributed by atoms with Gasteiger partial charge in [0, 0.05) is 23.3 Å². The summed E-state index contributed by atoms with van der Waals surface area (Å²) in [5.41, 5.74) is 6.88. The van der Waals surface area contributed by atoms with Gasteiger partial charge in [-0.05, 0) is 74.1 Å². The number of carbonyl (C=O) groups is 1. The molecule has 2 aliphatic heterocycles. The third-order valence-electron chi connectivity index (χ3n) is 4.75. The first-order chi connectivity index (χ1) is 12.8. The molecule has 6 heteroatoms. The van der Waals surface area contributed by atoms with E-state index in [0.717, 1.165) is 22.6 Å². The van der Waals surface area contributed by atoms with E-state index in [9.17, 15) is 4.79 Å². The van der Waals surface area contributed by atoms with Crippen molar-refractivity contribution in [1.29, 1.82) is 5.41 Å². The van der Waals surface area contributed by atoms with Crippen LogP contribution in [0, 0.1) is 33.1 Å². The Morgan fingerprint density at radius 1 is 1.07 bits per heavy atom. The zero-order chi connectivity index (χ0) is 19.3. The molecular weight excluding hydrogens is 356 g/mol. The van der Waals surface area contributed by atoms with Gasteiger partial charge < -0.3 is 4.57 Å². The molecule has 136 valence electrons. The molecule has 2 aromatic rings. The maximum absolute atomic E-state index is 12.4. The first-order valence-corrected chi connectivity index (χ1v) is 9.57. The Labute approximate surface area is 162 Å². The second kappa shape index (κ2) is 6.39. The second-order valence-corrected chi connectivity index (χ2v) is 7.76. The van der Waals surface area contributed by atoms with Crippen molar-refractivity contribution >= 4 is 34.7 Å². The van der Waals surface area contributed by atoms with E-state index in [-0.39, 0.29) is 11.7 Å². The van der Waals surface area contributed by atoms with Crippen LogP contribution in [0.1, 0.15) is 28.1 Å². The molecule has 1 amide bonds. The standard InChI is InChI=1S/C21H20N4OS/c1-12-7-13(2)9-17(8-12)25-14(3)10-16(15(25)4)11-18-19(22)24-5-6-27-21(24)23-20(18)26/h5-11,22H,1-4H3/b18-11-,22-19?. The van der Waals surface area contributed by atoms with Gasteiger partial charge in [0.15, 0.2) is 5.17 Å². The number of aromatic nitrogens is 1. The van der Waals surface area contributed by atoms with Crippen LogP contribution in [0.4, 0.5) is 0 Å². The Morgan fingerprint density at radius 2 is 1.78 bits per heavy atom. The van der Waals surface area contributed by atoms with Crippen LogP contribution in [-0.4, -0.2) is 26.4 Å². The average Bonchev–Trinajstić information content (AvgIpc) is 3.15. The fourth-order valence-electron chi connectivity index (χ4n) is 3.60. The third kappa shape index (κ3) is 2.96. The SMILES string of the molecule is Cc1cc(C)cc(-n2c(C)cc(/C=C3/C(=N)N4C=CSC4=NC3=O)c2C)c1. The van der Waals surface area contributed by atoms with Crippen LogP contribution in [0.3, 0.4) is 0 Å². The van der Waals surface area contributed by atoms with E-state index < -0.39 is 0 Å². The quantitative estimate of drug-likeness (QED) is 0.786. The summed E-state index contributed by atoms with van der Waals surface area (Å²) in [7, 11) is 0. The third-order valence-corrected chi connectivity index (χ3v) is 5.50. The minimum Gasteiger partial charge on any atom is -0.318 e. The van der Waals surface area contributed by atoms with Gasteiger partial charge in [-0.25, -0.2) is 0 Å². The lowest BCUT2D eigenvalue weighted by Crippen LogP contribution is -2.35. The van der Waals surface area contributed by atoms with Gasteiger partial charge in [0.25, 0.3) is 5.91 Å². The highest BCUT2D eigenvalue weighted by Gasteiger charge is 2.31. The summed E-state index contributed by atoms with van der Waals surface area (Å²) in [6.07, 6.45) is 3.55. The first-order valence-electron chi connectivity index (χ1n) is 8.69. The molecule has 0 saturated carbocycles. The summed E-state index contributed by atoms with van der Waals surface area (Å²) in [6, 6.07) is 8.51. The molecule has 5 nitrogen and oxygen atoms in total. The largest absolute Gasteiger partial charge is 0.318 e. The normalized spacial score (nSPS) is 17.7. The van der Waals surface area contributed by atoms with Crippen LogP contribution in [0.5, 0.6) is 0 Å². The van der Waals surface area contributed by atoms with Crippen molar-refractivity contribution in [2.45, 2.75) is 27.7 Å². The Hall–Kier alpha value is -2.86. The van der Waals surface area contributed by atoms with Crippen molar-refractivity contribution in [3.8, 4) is 5.69 Å². The monoisotopic (exact) mass is 376 g/mol. The summed E-state index contributed by atoms with van der Waals surface area (Å²) < 4.78 is 2.18. The summed E-state index contributed by atoms with van der Waals surface area (Å²) in [4.78, 5) is 18.2. The fourth-order valence-corrected chi connectivity index (χ4v) is 4.30. The van der Waals surface area contributed by atoms with Gasteiger partial charge in [-0.2, -0.15) is 4.99 Å². The lowest BCUT2D eigenvalue weighted by molar-refractivity contribution is -0.114. The van der Waals surface area contributed by atoms with E-state index in [4.69, 9.17) is 5.41 Å². The molecule has 0 unspecified atom stereocenters. The van der Waals surface area contributed by atoms with E-state index in [1.54, 1.807) is 17.2 Å². The van der Waals surface area contributed by atoms with E-state index in [0.29, 0.717) is 10.7 Å². The molecule has 0 fully saturated rings. The second-order valence-electron chi connectivity index (χ2n) is 6.89. The molecule has 1 N–H and O–H groups in total. The van der Waals surface area contributed by atoms with Gasteiger partial charge >= 0.3 is 0 Å². The Bertz CT molecular complexity index is 1070. The van der Waals surface area contributed by atoms with Gasteiger partial charge in [-0.15, -0.1) is 0 Å². The van der Waals surface area contributed by atoms with Crippen molar-refractivity contribution in [2.75, 3.05) is 0 Å². The number of nitrogens with one attached hydrogen (secondary N) is 1. The molecule has 0 atom stereocenters. The van der Waals surface area contributed by atoms with E-state index >= 15 is 0 Å². The number of rotatable bonds is 2. The van der Waals surface area contributed by atoms with Crippen molar-refractivity contribution < 1.29 is 4.79 Å². The lowest BCUT2D eigenvalue weighted by atomic mass is 10.1. The number of hydrogen-bond donors (Lipinski definition) is 1. The van der Waals surface area contributed by atoms with E-state index in [1.165, 1.54) is 22.9 Å². The molecule has 27 heavy (non-hydrogen) atoms. The highest BCUT2D eigenvalue weighted by molar-refractivity contribution is 8.16. The summed E-state index contributed by atoms with van der Waals surface area (Å²) in [5.74, 6) is -0.193. The zero-order valence-electron chi connectivity index (χ0n) is 15.7. The number of carbonyl (C=O) groups excluding carboxylic acids is 1. The van der Waals surface area contributed by atoms with Gasteiger partial charge in [0.2, 0.25) is 0 Å².